The first-order valence-corrected chi connectivity index (χ1v) is 5.16. The lowest BCUT2D eigenvalue weighted by Crippen LogP contribution is -1.98. The number of hydrogen-bond donors (Lipinski definition) is 0. The fourth-order valence-electron chi connectivity index (χ4n) is 1.60. The summed E-state index contributed by atoms with van der Waals surface area (Å²) in [4.78, 5) is 8.42. The van der Waals surface area contributed by atoms with Crippen LogP contribution in [0.3, 0.4) is 0 Å². The van der Waals surface area contributed by atoms with Crippen LogP contribution in [0.25, 0.3) is 0 Å². The molecule has 1 aromatic heterocycles. The van der Waals surface area contributed by atoms with Crippen LogP contribution in [0, 0.1) is 6.92 Å². The molecule has 1 heterocycles. The number of aryl methyl sites for hydroxylation is 3. The summed E-state index contributed by atoms with van der Waals surface area (Å²) in [5.41, 5.74) is 2.72. The predicted octanol–water partition coefficient (Wildman–Crippen LogP) is 2.57. The van der Waals surface area contributed by atoms with Crippen molar-refractivity contribution in [2.24, 2.45) is 0 Å². The van der Waals surface area contributed by atoms with Crippen LogP contribution in [-0.2, 0) is 12.8 Å². The highest BCUT2D eigenvalue weighted by Crippen LogP contribution is 2.09. The van der Waals surface area contributed by atoms with Gasteiger partial charge in [0.15, 0.2) is 0 Å². The molecule has 0 fully saturated rings. The molecule has 0 N–H and O–H groups in total. The summed E-state index contributed by atoms with van der Waals surface area (Å²) in [6.45, 7) is 2.14. The Morgan fingerprint density at radius 1 is 0.933 bits per heavy atom. The van der Waals surface area contributed by atoms with Crippen LogP contribution in [0.4, 0.5) is 0 Å². The number of aromatic nitrogens is 2. The van der Waals surface area contributed by atoms with Gasteiger partial charge in [-0.25, -0.2) is 9.97 Å². The van der Waals surface area contributed by atoms with E-state index in [1.165, 1.54) is 11.1 Å². The number of rotatable bonds is 3. The second kappa shape index (κ2) is 4.69. The van der Waals surface area contributed by atoms with E-state index in [0.29, 0.717) is 0 Å². The summed E-state index contributed by atoms with van der Waals surface area (Å²) >= 11 is 0. The zero-order chi connectivity index (χ0) is 10.5. The Hall–Kier alpha value is -1.70. The fourth-order valence-corrected chi connectivity index (χ4v) is 1.60. The normalized spacial score (nSPS) is 10.2. The van der Waals surface area contributed by atoms with Gasteiger partial charge in [0, 0.05) is 18.8 Å². The van der Waals surface area contributed by atoms with E-state index < -0.39 is 0 Å². The van der Waals surface area contributed by atoms with Crippen LogP contribution < -0.4 is 0 Å². The third-order valence-electron chi connectivity index (χ3n) is 2.50. The van der Waals surface area contributed by atoms with Gasteiger partial charge in [-0.05, 0) is 30.5 Å². The number of hydrogen-bond acceptors (Lipinski definition) is 2. The maximum atomic E-state index is 4.21. The van der Waals surface area contributed by atoms with Gasteiger partial charge in [0.05, 0.1) is 0 Å². The lowest BCUT2D eigenvalue weighted by Gasteiger charge is -2.03. The van der Waals surface area contributed by atoms with Crippen LogP contribution in [0.2, 0.25) is 0 Å². The smallest absolute Gasteiger partial charge is 0.128 e. The van der Waals surface area contributed by atoms with E-state index in [-0.39, 0.29) is 0 Å². The van der Waals surface area contributed by atoms with Crippen molar-refractivity contribution in [1.82, 2.24) is 9.97 Å². The molecule has 1 aromatic carbocycles. The first kappa shape index (κ1) is 9.84. The van der Waals surface area contributed by atoms with Crippen LogP contribution in [0.5, 0.6) is 0 Å². The maximum Gasteiger partial charge on any atom is 0.128 e. The Morgan fingerprint density at radius 3 is 2.40 bits per heavy atom. The van der Waals surface area contributed by atoms with E-state index >= 15 is 0 Å². The molecule has 2 heteroatoms. The highest BCUT2D eigenvalue weighted by molar-refractivity contribution is 5.25. The van der Waals surface area contributed by atoms with Crippen LogP contribution in [0.1, 0.15) is 17.0 Å². The third-order valence-corrected chi connectivity index (χ3v) is 2.50. The molecule has 0 amide bonds. The topological polar surface area (TPSA) is 25.8 Å². The average molecular weight is 198 g/mol. The van der Waals surface area contributed by atoms with Crippen LogP contribution in [0.15, 0.2) is 42.7 Å². The molecule has 15 heavy (non-hydrogen) atoms. The maximum absolute atomic E-state index is 4.21. The van der Waals surface area contributed by atoms with E-state index in [9.17, 15) is 0 Å². The van der Waals surface area contributed by atoms with Gasteiger partial charge in [-0.2, -0.15) is 0 Å². The predicted molar refractivity (Wildman–Crippen MR) is 60.6 cm³/mol. The van der Waals surface area contributed by atoms with Crippen molar-refractivity contribution in [2.75, 3.05) is 0 Å². The Balaban J connectivity index is 2.03. The molecule has 0 aliphatic carbocycles. The Morgan fingerprint density at radius 2 is 1.67 bits per heavy atom. The second-order valence-electron chi connectivity index (χ2n) is 3.59. The van der Waals surface area contributed by atoms with Crippen molar-refractivity contribution in [3.8, 4) is 0 Å². The van der Waals surface area contributed by atoms with Crippen molar-refractivity contribution in [3.05, 3.63) is 59.7 Å². The summed E-state index contributed by atoms with van der Waals surface area (Å²) in [7, 11) is 0. The summed E-state index contributed by atoms with van der Waals surface area (Å²) in [5, 5.41) is 0. The van der Waals surface area contributed by atoms with Gasteiger partial charge in [0.2, 0.25) is 0 Å². The Bertz CT molecular complexity index is 424. The standard InChI is InChI=1S/C13H14N2/c1-11-5-2-3-6-12(11)7-8-13-14-9-4-10-15-13/h2-6,9-10H,7-8H2,1H3. The molecule has 76 valence electrons. The minimum Gasteiger partial charge on any atom is -0.241 e. The second-order valence-corrected chi connectivity index (χ2v) is 3.59. The average Bonchev–Trinajstić information content (AvgIpc) is 2.29. The quantitative estimate of drug-likeness (QED) is 0.757. The van der Waals surface area contributed by atoms with Gasteiger partial charge < -0.3 is 0 Å². The first-order valence-electron chi connectivity index (χ1n) is 5.16. The number of benzene rings is 1. The van der Waals surface area contributed by atoms with E-state index in [2.05, 4.69) is 41.2 Å². The molecule has 0 aliphatic heterocycles. The van der Waals surface area contributed by atoms with E-state index in [4.69, 9.17) is 0 Å². The molecule has 0 unspecified atom stereocenters. The molecule has 2 aromatic rings. The molecule has 0 atom stereocenters. The van der Waals surface area contributed by atoms with Crippen LogP contribution >= 0.6 is 0 Å². The lowest BCUT2D eigenvalue weighted by molar-refractivity contribution is 0.853. The molecule has 0 aliphatic rings. The largest absolute Gasteiger partial charge is 0.241 e. The molecule has 0 saturated carbocycles. The summed E-state index contributed by atoms with van der Waals surface area (Å²) in [6.07, 6.45) is 5.50. The molecule has 0 bridgehead atoms. The molecule has 0 spiro atoms. The zero-order valence-electron chi connectivity index (χ0n) is 8.85. The Labute approximate surface area is 90.0 Å². The SMILES string of the molecule is Cc1ccccc1CCc1ncccn1. The molecular weight excluding hydrogens is 184 g/mol. The molecule has 2 rings (SSSR count). The van der Waals surface area contributed by atoms with Crippen molar-refractivity contribution in [2.45, 2.75) is 19.8 Å². The minimum absolute atomic E-state index is 0.908. The monoisotopic (exact) mass is 198 g/mol. The molecular formula is C13H14N2. The van der Waals surface area contributed by atoms with Gasteiger partial charge in [0.1, 0.15) is 5.82 Å². The van der Waals surface area contributed by atoms with Gasteiger partial charge in [-0.3, -0.25) is 0 Å². The molecule has 2 nitrogen and oxygen atoms in total. The van der Waals surface area contributed by atoms with E-state index in [1.54, 1.807) is 12.4 Å². The van der Waals surface area contributed by atoms with E-state index in [1.807, 2.05) is 6.07 Å². The van der Waals surface area contributed by atoms with Gasteiger partial charge in [-0.1, -0.05) is 24.3 Å². The Kier molecular flexibility index (Phi) is 3.08. The lowest BCUT2D eigenvalue weighted by atomic mass is 10.0. The summed E-state index contributed by atoms with van der Waals surface area (Å²) in [6, 6.07) is 10.3. The van der Waals surface area contributed by atoms with Crippen molar-refractivity contribution < 1.29 is 0 Å². The van der Waals surface area contributed by atoms with Crippen molar-refractivity contribution in [3.63, 3.8) is 0 Å². The minimum atomic E-state index is 0.908. The van der Waals surface area contributed by atoms with Gasteiger partial charge in [0.25, 0.3) is 0 Å². The summed E-state index contributed by atoms with van der Waals surface area (Å²) < 4.78 is 0. The molecule has 0 radical (unpaired) electrons. The van der Waals surface area contributed by atoms with Crippen LogP contribution in [-0.4, -0.2) is 9.97 Å². The van der Waals surface area contributed by atoms with Gasteiger partial charge >= 0.3 is 0 Å². The summed E-state index contributed by atoms with van der Waals surface area (Å²) in [5.74, 6) is 0.917. The zero-order valence-corrected chi connectivity index (χ0v) is 8.85. The highest BCUT2D eigenvalue weighted by Gasteiger charge is 1.99. The number of nitrogens with zero attached hydrogens (tertiary/aromatic N) is 2. The van der Waals surface area contributed by atoms with E-state index in [0.717, 1.165) is 18.7 Å². The van der Waals surface area contributed by atoms with Crippen molar-refractivity contribution in [1.29, 1.82) is 0 Å². The first-order chi connectivity index (χ1) is 7.36. The molecule has 0 saturated heterocycles. The fraction of sp³-hybridized carbons (Fsp3) is 0.231. The highest BCUT2D eigenvalue weighted by atomic mass is 14.8. The third kappa shape index (κ3) is 2.62. The van der Waals surface area contributed by atoms with Gasteiger partial charge in [-0.15, -0.1) is 0 Å². The van der Waals surface area contributed by atoms with Crippen molar-refractivity contribution >= 4 is 0 Å².